The molecule has 0 N–H and O–H groups in total. The third-order valence-corrected chi connectivity index (χ3v) is 2.53. The Bertz CT molecular complexity index is 575. The van der Waals surface area contributed by atoms with Gasteiger partial charge in [0, 0.05) is 18.5 Å². The van der Waals surface area contributed by atoms with Crippen LogP contribution in [0.2, 0.25) is 0 Å². The van der Waals surface area contributed by atoms with Gasteiger partial charge in [-0.3, -0.25) is 15.1 Å². The lowest BCUT2D eigenvalue weighted by Gasteiger charge is -2.00. The molecule has 18 heavy (non-hydrogen) atoms. The maximum Gasteiger partial charge on any atom is 0.277 e. The molecule has 4 nitrogen and oxygen atoms in total. The molecule has 0 radical (unpaired) electrons. The lowest BCUT2D eigenvalue weighted by molar-refractivity contribution is -0.374. The van der Waals surface area contributed by atoms with E-state index < -0.39 is 0 Å². The van der Waals surface area contributed by atoms with Crippen LogP contribution in [0.1, 0.15) is 16.7 Å². The van der Waals surface area contributed by atoms with Crippen LogP contribution in [0.3, 0.4) is 0 Å². The zero-order valence-electron chi connectivity index (χ0n) is 9.91. The second-order valence-electron chi connectivity index (χ2n) is 3.94. The number of hydrogen-bond acceptors (Lipinski definition) is 3. The van der Waals surface area contributed by atoms with Gasteiger partial charge in [-0.25, -0.2) is 0 Å². The van der Waals surface area contributed by atoms with Crippen molar-refractivity contribution in [2.45, 2.75) is 6.92 Å². The smallest absolute Gasteiger partial charge is 0.264 e. The quantitative estimate of drug-likeness (QED) is 0.611. The van der Waals surface area contributed by atoms with Gasteiger partial charge in [0.15, 0.2) is 0 Å². The van der Waals surface area contributed by atoms with Crippen molar-refractivity contribution in [3.05, 3.63) is 75.6 Å². The normalized spacial score (nSPS) is 11.3. The first kappa shape index (κ1) is 12.0. The summed E-state index contributed by atoms with van der Waals surface area (Å²) in [7, 11) is 0. The third-order valence-electron chi connectivity index (χ3n) is 2.53. The van der Waals surface area contributed by atoms with Gasteiger partial charge in [0.1, 0.15) is 0 Å². The summed E-state index contributed by atoms with van der Waals surface area (Å²) in [5.41, 5.74) is 2.45. The molecule has 0 aliphatic carbocycles. The average molecular weight is 240 g/mol. The van der Waals surface area contributed by atoms with Crippen molar-refractivity contribution in [1.82, 2.24) is 4.98 Å². The van der Waals surface area contributed by atoms with Crippen molar-refractivity contribution >= 4 is 11.8 Å². The average Bonchev–Trinajstić information content (AvgIpc) is 2.38. The van der Waals surface area contributed by atoms with Gasteiger partial charge in [-0.15, -0.1) is 0 Å². The summed E-state index contributed by atoms with van der Waals surface area (Å²) in [4.78, 5) is 14.7. The highest BCUT2D eigenvalue weighted by atomic mass is 16.6. The fraction of sp³-hybridized carbons (Fsp3) is 0.0714. The number of rotatable bonds is 3. The molecule has 1 heterocycles. The van der Waals surface area contributed by atoms with Crippen molar-refractivity contribution in [3.63, 3.8) is 0 Å². The Kier molecular flexibility index (Phi) is 3.48. The number of aromatic nitrogens is 1. The van der Waals surface area contributed by atoms with Crippen LogP contribution in [0.5, 0.6) is 0 Å². The molecular weight excluding hydrogens is 228 g/mol. The van der Waals surface area contributed by atoms with E-state index in [0.717, 1.165) is 5.56 Å². The molecule has 0 unspecified atom stereocenters. The van der Waals surface area contributed by atoms with Crippen LogP contribution in [-0.2, 0) is 0 Å². The Morgan fingerprint density at radius 2 is 2.00 bits per heavy atom. The van der Waals surface area contributed by atoms with E-state index in [1.807, 2.05) is 19.1 Å². The van der Waals surface area contributed by atoms with Crippen LogP contribution in [0.4, 0.5) is 0 Å². The molecule has 0 amide bonds. The first-order chi connectivity index (χ1) is 8.66. The van der Waals surface area contributed by atoms with Crippen molar-refractivity contribution in [2.75, 3.05) is 0 Å². The van der Waals surface area contributed by atoms with Crippen LogP contribution in [0.15, 0.2) is 48.8 Å². The maximum atomic E-state index is 11.1. The number of hydrogen-bond donors (Lipinski definition) is 0. The molecule has 0 aliphatic heterocycles. The molecule has 0 fully saturated rings. The minimum Gasteiger partial charge on any atom is -0.264 e. The topological polar surface area (TPSA) is 56.0 Å². The fourth-order valence-corrected chi connectivity index (χ4v) is 1.58. The van der Waals surface area contributed by atoms with Crippen molar-refractivity contribution < 1.29 is 4.92 Å². The van der Waals surface area contributed by atoms with Gasteiger partial charge >= 0.3 is 0 Å². The highest BCUT2D eigenvalue weighted by molar-refractivity contribution is 5.76. The molecule has 0 saturated heterocycles. The summed E-state index contributed by atoms with van der Waals surface area (Å²) in [5.74, 6) is 0. The number of benzene rings is 1. The molecule has 2 rings (SSSR count). The SMILES string of the molecule is Cc1ccc(/C(=C/c2cccnc2)[N+](=O)[O-])cc1. The molecule has 1 aromatic heterocycles. The maximum absolute atomic E-state index is 11.1. The van der Waals surface area contributed by atoms with Crippen molar-refractivity contribution in [3.8, 4) is 0 Å². The fourth-order valence-electron chi connectivity index (χ4n) is 1.58. The minimum atomic E-state index is -0.377. The van der Waals surface area contributed by atoms with E-state index in [4.69, 9.17) is 0 Å². The summed E-state index contributed by atoms with van der Waals surface area (Å²) >= 11 is 0. The first-order valence-corrected chi connectivity index (χ1v) is 5.50. The number of pyridine rings is 1. The number of nitrogens with zero attached hydrogens (tertiary/aromatic N) is 2. The highest BCUT2D eigenvalue weighted by Gasteiger charge is 2.13. The Morgan fingerprint density at radius 1 is 1.28 bits per heavy atom. The standard InChI is InChI=1S/C14H12N2O2/c1-11-4-6-13(7-5-11)14(16(17)18)9-12-3-2-8-15-10-12/h2-10H,1H3/b14-9-. The van der Waals surface area contributed by atoms with E-state index in [9.17, 15) is 10.1 Å². The summed E-state index contributed by atoms with van der Waals surface area (Å²) in [6.45, 7) is 1.94. The Balaban J connectivity index is 2.44. The van der Waals surface area contributed by atoms with E-state index in [2.05, 4.69) is 4.98 Å². The molecule has 0 bridgehead atoms. The molecule has 0 aliphatic rings. The lowest BCUT2D eigenvalue weighted by Crippen LogP contribution is -1.97. The van der Waals surface area contributed by atoms with Crippen LogP contribution in [0, 0.1) is 17.0 Å². The van der Waals surface area contributed by atoms with Crippen LogP contribution in [0.25, 0.3) is 11.8 Å². The second-order valence-corrected chi connectivity index (χ2v) is 3.94. The predicted molar refractivity (Wildman–Crippen MR) is 70.3 cm³/mol. The van der Waals surface area contributed by atoms with Gasteiger partial charge in [0.2, 0.25) is 0 Å². The summed E-state index contributed by atoms with van der Waals surface area (Å²) in [5, 5.41) is 11.1. The van der Waals surface area contributed by atoms with E-state index in [1.54, 1.807) is 36.7 Å². The Labute approximate surface area is 105 Å². The summed E-state index contributed by atoms with van der Waals surface area (Å²) in [6, 6.07) is 10.7. The molecular formula is C14H12N2O2. The largest absolute Gasteiger partial charge is 0.277 e. The lowest BCUT2D eigenvalue weighted by atomic mass is 10.1. The van der Waals surface area contributed by atoms with E-state index in [1.165, 1.54) is 6.08 Å². The van der Waals surface area contributed by atoms with E-state index >= 15 is 0 Å². The van der Waals surface area contributed by atoms with E-state index in [-0.39, 0.29) is 10.6 Å². The zero-order valence-corrected chi connectivity index (χ0v) is 9.91. The molecule has 90 valence electrons. The van der Waals surface area contributed by atoms with Crippen LogP contribution in [-0.4, -0.2) is 9.91 Å². The second kappa shape index (κ2) is 5.23. The summed E-state index contributed by atoms with van der Waals surface area (Å²) < 4.78 is 0. The molecule has 0 spiro atoms. The molecule has 0 atom stereocenters. The molecule has 0 saturated carbocycles. The first-order valence-electron chi connectivity index (χ1n) is 5.50. The molecule has 1 aromatic carbocycles. The molecule has 2 aromatic rings. The Hall–Kier alpha value is -2.49. The zero-order chi connectivity index (χ0) is 13.0. The monoisotopic (exact) mass is 240 g/mol. The van der Waals surface area contributed by atoms with Gasteiger partial charge < -0.3 is 0 Å². The molecule has 4 heteroatoms. The van der Waals surface area contributed by atoms with Gasteiger partial charge in [0.05, 0.1) is 10.5 Å². The van der Waals surface area contributed by atoms with Crippen molar-refractivity contribution in [1.29, 1.82) is 0 Å². The van der Waals surface area contributed by atoms with Crippen LogP contribution >= 0.6 is 0 Å². The van der Waals surface area contributed by atoms with Gasteiger partial charge in [-0.1, -0.05) is 23.8 Å². The number of nitro groups is 1. The van der Waals surface area contributed by atoms with Gasteiger partial charge in [0.25, 0.3) is 5.70 Å². The Morgan fingerprint density at radius 3 is 2.56 bits per heavy atom. The number of aryl methyl sites for hydroxylation is 1. The third kappa shape index (κ3) is 2.79. The van der Waals surface area contributed by atoms with Gasteiger partial charge in [-0.2, -0.15) is 0 Å². The van der Waals surface area contributed by atoms with E-state index in [0.29, 0.717) is 11.1 Å². The highest BCUT2D eigenvalue weighted by Crippen LogP contribution is 2.19. The minimum absolute atomic E-state index is 0.0722. The summed E-state index contributed by atoms with van der Waals surface area (Å²) in [6.07, 6.45) is 4.75. The predicted octanol–water partition coefficient (Wildman–Crippen LogP) is 3.16. The van der Waals surface area contributed by atoms with Gasteiger partial charge in [-0.05, 0) is 30.7 Å². The van der Waals surface area contributed by atoms with Crippen molar-refractivity contribution in [2.24, 2.45) is 0 Å². The van der Waals surface area contributed by atoms with Crippen LogP contribution < -0.4 is 0 Å².